The highest BCUT2D eigenvalue weighted by atomic mass is 16.5. The number of ether oxygens (including phenoxy) is 1. The summed E-state index contributed by atoms with van der Waals surface area (Å²) in [5, 5.41) is 9.52. The van der Waals surface area contributed by atoms with Gasteiger partial charge in [0.15, 0.2) is 0 Å². The van der Waals surface area contributed by atoms with Gasteiger partial charge in [-0.2, -0.15) is 0 Å². The summed E-state index contributed by atoms with van der Waals surface area (Å²) in [7, 11) is 1.56. The molecule has 1 aliphatic carbocycles. The molecule has 1 aliphatic rings. The lowest BCUT2D eigenvalue weighted by atomic mass is 9.75. The Morgan fingerprint density at radius 1 is 1.36 bits per heavy atom. The van der Waals surface area contributed by atoms with Crippen LogP contribution in [0.3, 0.4) is 0 Å². The molecule has 22 heavy (non-hydrogen) atoms. The third-order valence-electron chi connectivity index (χ3n) is 4.07. The zero-order chi connectivity index (χ0) is 16.5. The van der Waals surface area contributed by atoms with Crippen molar-refractivity contribution in [2.24, 2.45) is 5.92 Å². The van der Waals surface area contributed by atoms with Gasteiger partial charge < -0.3 is 9.84 Å². The molecule has 120 valence electrons. The van der Waals surface area contributed by atoms with E-state index >= 15 is 0 Å². The van der Waals surface area contributed by atoms with Crippen LogP contribution in [0.15, 0.2) is 54.8 Å². The molecule has 2 heteroatoms. The van der Waals surface area contributed by atoms with E-state index < -0.39 is 0 Å². The number of allylic oxidation sites excluding steroid dienone is 3. The summed E-state index contributed by atoms with van der Waals surface area (Å²) in [6.45, 7) is 11.8. The van der Waals surface area contributed by atoms with Crippen molar-refractivity contribution in [1.82, 2.24) is 0 Å². The maximum atomic E-state index is 9.52. The Kier molecular flexibility index (Phi) is 7.51. The fraction of sp³-hybridized carbons (Fsp3) is 0.400. The predicted octanol–water partition coefficient (Wildman–Crippen LogP) is 5.71. The van der Waals surface area contributed by atoms with Gasteiger partial charge in [0, 0.05) is 0 Å². The first kappa shape index (κ1) is 18.1. The molecule has 0 spiro atoms. The molecule has 0 unspecified atom stereocenters. The van der Waals surface area contributed by atoms with Crippen LogP contribution in [0.5, 0.6) is 5.75 Å². The third kappa shape index (κ3) is 5.44. The van der Waals surface area contributed by atoms with Gasteiger partial charge in [0.1, 0.15) is 5.75 Å². The van der Waals surface area contributed by atoms with Gasteiger partial charge in [0.05, 0.1) is 13.4 Å². The van der Waals surface area contributed by atoms with Crippen LogP contribution < -0.4 is 0 Å². The van der Waals surface area contributed by atoms with Crippen LogP contribution in [-0.2, 0) is 4.74 Å². The molecule has 0 atom stereocenters. The van der Waals surface area contributed by atoms with Crippen molar-refractivity contribution in [3.63, 3.8) is 0 Å². The number of rotatable bonds is 5. The first-order valence-electron chi connectivity index (χ1n) is 7.76. The molecule has 0 heterocycles. The molecule has 1 N–H and O–H groups in total. The van der Waals surface area contributed by atoms with Crippen molar-refractivity contribution >= 4 is 5.57 Å². The lowest BCUT2D eigenvalue weighted by Crippen LogP contribution is -2.15. The SMILES string of the molecule is C=C(CC(=C(C)C)C1CCC1)c1cccc(O)c1.C=COC. The number of methoxy groups -OCH3 is 1. The molecule has 0 aliphatic heterocycles. The average Bonchev–Trinajstić information content (AvgIpc) is 2.44. The van der Waals surface area contributed by atoms with Crippen molar-refractivity contribution in [3.05, 3.63) is 60.4 Å². The van der Waals surface area contributed by atoms with E-state index in [2.05, 4.69) is 31.7 Å². The molecule has 0 bridgehead atoms. The standard InChI is InChI=1S/C17H22O.C3H6O/c1-12(2)17(14-6-4-7-14)10-13(3)15-8-5-9-16(18)11-15;1-3-4-2/h5,8-9,11,14,18H,3-4,6-7,10H2,1-2H3;3H,1H2,2H3. The van der Waals surface area contributed by atoms with E-state index in [1.165, 1.54) is 31.1 Å². The van der Waals surface area contributed by atoms with Crippen LogP contribution in [0.1, 0.15) is 45.1 Å². The monoisotopic (exact) mass is 300 g/mol. The molecule has 2 nitrogen and oxygen atoms in total. The zero-order valence-electron chi connectivity index (χ0n) is 14.1. The quantitative estimate of drug-likeness (QED) is 0.557. The van der Waals surface area contributed by atoms with Crippen LogP contribution in [0.2, 0.25) is 0 Å². The fourth-order valence-electron chi connectivity index (χ4n) is 2.54. The number of hydrogen-bond acceptors (Lipinski definition) is 2. The van der Waals surface area contributed by atoms with E-state index in [1.807, 2.05) is 12.1 Å². The molecule has 1 aromatic carbocycles. The Hall–Kier alpha value is -1.96. The first-order chi connectivity index (χ1) is 10.5. The van der Waals surface area contributed by atoms with Crippen LogP contribution in [0, 0.1) is 5.92 Å². The van der Waals surface area contributed by atoms with Gasteiger partial charge in [-0.15, -0.1) is 0 Å². The number of phenolic OH excluding ortho intramolecular Hbond substituents is 1. The second-order valence-electron chi connectivity index (χ2n) is 5.89. The van der Waals surface area contributed by atoms with Crippen LogP contribution in [0.4, 0.5) is 0 Å². The van der Waals surface area contributed by atoms with Crippen LogP contribution in [-0.4, -0.2) is 12.2 Å². The van der Waals surface area contributed by atoms with Crippen molar-refractivity contribution in [2.45, 2.75) is 39.5 Å². The van der Waals surface area contributed by atoms with E-state index in [1.54, 1.807) is 24.8 Å². The molecular weight excluding hydrogens is 272 g/mol. The Labute approximate surface area is 134 Å². The van der Waals surface area contributed by atoms with E-state index in [0.29, 0.717) is 5.75 Å². The van der Waals surface area contributed by atoms with Gasteiger partial charge in [-0.25, -0.2) is 0 Å². The van der Waals surface area contributed by atoms with Crippen molar-refractivity contribution in [3.8, 4) is 5.75 Å². The average molecular weight is 300 g/mol. The highest BCUT2D eigenvalue weighted by Gasteiger charge is 2.23. The Morgan fingerprint density at radius 3 is 2.41 bits per heavy atom. The summed E-state index contributed by atoms with van der Waals surface area (Å²) < 4.78 is 4.31. The summed E-state index contributed by atoms with van der Waals surface area (Å²) in [5.41, 5.74) is 5.14. The minimum absolute atomic E-state index is 0.316. The van der Waals surface area contributed by atoms with Gasteiger partial charge in [-0.1, -0.05) is 42.9 Å². The first-order valence-corrected chi connectivity index (χ1v) is 7.76. The smallest absolute Gasteiger partial charge is 0.116 e. The third-order valence-corrected chi connectivity index (χ3v) is 4.07. The minimum atomic E-state index is 0.316. The summed E-state index contributed by atoms with van der Waals surface area (Å²) in [5.74, 6) is 1.08. The van der Waals surface area contributed by atoms with E-state index in [4.69, 9.17) is 0 Å². The lowest BCUT2D eigenvalue weighted by molar-refractivity contribution is 0.339. The molecule has 0 aromatic heterocycles. The topological polar surface area (TPSA) is 29.5 Å². The van der Waals surface area contributed by atoms with Crippen LogP contribution in [0.25, 0.3) is 5.57 Å². The summed E-state index contributed by atoms with van der Waals surface area (Å²) in [6, 6.07) is 7.39. The van der Waals surface area contributed by atoms with E-state index in [0.717, 1.165) is 23.5 Å². The molecule has 0 amide bonds. The van der Waals surface area contributed by atoms with E-state index in [-0.39, 0.29) is 0 Å². The van der Waals surface area contributed by atoms with Gasteiger partial charge >= 0.3 is 0 Å². The fourth-order valence-corrected chi connectivity index (χ4v) is 2.54. The van der Waals surface area contributed by atoms with Crippen LogP contribution >= 0.6 is 0 Å². The Bertz CT molecular complexity index is 532. The molecule has 1 saturated carbocycles. The van der Waals surface area contributed by atoms with Gasteiger partial charge in [-0.05, 0) is 62.3 Å². The predicted molar refractivity (Wildman–Crippen MR) is 94.7 cm³/mol. The highest BCUT2D eigenvalue weighted by Crippen LogP contribution is 2.39. The van der Waals surface area contributed by atoms with Gasteiger partial charge in [0.25, 0.3) is 0 Å². The van der Waals surface area contributed by atoms with E-state index in [9.17, 15) is 5.11 Å². The van der Waals surface area contributed by atoms with Crippen molar-refractivity contribution in [1.29, 1.82) is 0 Å². The summed E-state index contributed by atoms with van der Waals surface area (Å²) in [4.78, 5) is 0. The number of hydrogen-bond donors (Lipinski definition) is 1. The molecule has 1 fully saturated rings. The molecule has 2 rings (SSSR count). The number of benzene rings is 1. The Balaban J connectivity index is 0.000000541. The van der Waals surface area contributed by atoms with Crippen molar-refractivity contribution in [2.75, 3.05) is 7.11 Å². The van der Waals surface area contributed by atoms with Gasteiger partial charge in [-0.3, -0.25) is 0 Å². The highest BCUT2D eigenvalue weighted by molar-refractivity contribution is 5.66. The van der Waals surface area contributed by atoms with Gasteiger partial charge in [0.2, 0.25) is 0 Å². The second kappa shape index (κ2) is 9.14. The maximum absolute atomic E-state index is 9.52. The molecular formula is C20H28O2. The second-order valence-corrected chi connectivity index (χ2v) is 5.89. The lowest BCUT2D eigenvalue weighted by Gasteiger charge is -2.30. The minimum Gasteiger partial charge on any atom is -0.508 e. The molecule has 1 aromatic rings. The Morgan fingerprint density at radius 2 is 2.00 bits per heavy atom. The summed E-state index contributed by atoms with van der Waals surface area (Å²) in [6.07, 6.45) is 6.33. The van der Waals surface area contributed by atoms with Crippen molar-refractivity contribution < 1.29 is 9.84 Å². The number of phenols is 1. The zero-order valence-corrected chi connectivity index (χ0v) is 14.1. The normalized spacial score (nSPS) is 13.2. The molecule has 0 saturated heterocycles. The molecule has 0 radical (unpaired) electrons. The summed E-state index contributed by atoms with van der Waals surface area (Å²) >= 11 is 0. The largest absolute Gasteiger partial charge is 0.508 e. The number of aromatic hydroxyl groups is 1. The maximum Gasteiger partial charge on any atom is 0.116 e.